The first-order valence-electron chi connectivity index (χ1n) is 16.7. The average Bonchev–Trinajstić information content (AvgIpc) is 3.57. The summed E-state index contributed by atoms with van der Waals surface area (Å²) in [4.78, 5) is 49.8. The fraction of sp³-hybridized carbons (Fsp3) is 0.647. The van der Waals surface area contributed by atoms with Crippen molar-refractivity contribution in [2.45, 2.75) is 102 Å². The lowest BCUT2D eigenvalue weighted by Gasteiger charge is -2.32. The third kappa shape index (κ3) is 11.5. The van der Waals surface area contributed by atoms with E-state index >= 15 is 0 Å². The van der Waals surface area contributed by atoms with E-state index in [-0.39, 0.29) is 24.8 Å². The van der Waals surface area contributed by atoms with Gasteiger partial charge in [0.2, 0.25) is 11.8 Å². The second-order valence-electron chi connectivity index (χ2n) is 13.0. The number of carbonyl (C=O) groups excluding carboxylic acids is 3. The zero-order chi connectivity index (χ0) is 32.0. The van der Waals surface area contributed by atoms with Crippen LogP contribution < -0.4 is 16.0 Å². The highest BCUT2D eigenvalue weighted by molar-refractivity contribution is 5.92. The number of aromatic nitrogens is 2. The summed E-state index contributed by atoms with van der Waals surface area (Å²) in [5.74, 6) is 0.0704. The van der Waals surface area contributed by atoms with E-state index in [1.165, 1.54) is 25.6 Å². The van der Waals surface area contributed by atoms with Crippen LogP contribution in [-0.2, 0) is 27.2 Å². The van der Waals surface area contributed by atoms with Crippen molar-refractivity contribution in [1.82, 2.24) is 30.8 Å². The number of hydrogen-bond donors (Lipinski definition) is 5. The Kier molecular flexibility index (Phi) is 13.7. The maximum atomic E-state index is 14.0. The number of aliphatic hydroxyl groups excluding tert-OH is 1. The smallest absolute Gasteiger partial charge is 0.318 e. The van der Waals surface area contributed by atoms with E-state index in [0.29, 0.717) is 56.7 Å². The first-order chi connectivity index (χ1) is 21.8. The maximum Gasteiger partial charge on any atom is 0.318 e. The van der Waals surface area contributed by atoms with Gasteiger partial charge in [-0.15, -0.1) is 0 Å². The van der Waals surface area contributed by atoms with E-state index in [1.54, 1.807) is 11.1 Å². The Hall–Kier alpha value is -3.44. The minimum Gasteiger partial charge on any atom is -0.391 e. The molecule has 0 radical (unpaired) electrons. The van der Waals surface area contributed by atoms with Gasteiger partial charge in [-0.25, -0.2) is 9.78 Å². The van der Waals surface area contributed by atoms with Gasteiger partial charge in [0.25, 0.3) is 0 Å². The fourth-order valence-corrected chi connectivity index (χ4v) is 6.25. The van der Waals surface area contributed by atoms with Crippen molar-refractivity contribution >= 4 is 17.8 Å². The van der Waals surface area contributed by atoms with Gasteiger partial charge < -0.3 is 35.7 Å². The van der Waals surface area contributed by atoms with Crippen molar-refractivity contribution in [1.29, 1.82) is 0 Å². The van der Waals surface area contributed by atoms with E-state index in [4.69, 9.17) is 4.74 Å². The summed E-state index contributed by atoms with van der Waals surface area (Å²) in [6.07, 6.45) is 10.9. The number of imidazole rings is 1. The van der Waals surface area contributed by atoms with Gasteiger partial charge in [0.1, 0.15) is 12.1 Å². The van der Waals surface area contributed by atoms with E-state index in [0.717, 1.165) is 24.8 Å². The molecule has 11 heteroatoms. The second-order valence-corrected chi connectivity index (χ2v) is 13.0. The standard InChI is InChI=1S/C34H52N6O5/c1-24(2)13-14-31(41)28(19-25-9-5-3-6-10-25)37-33(43)30(21-27-22-35-23-36-27)38-32(42)29(20-26-11-7-4-8-12-26)39-34(44)40-15-17-45-18-16-40/h4,7-8,11-12,22-25,28-31,41H,3,5-6,9-10,13-21H2,1-2H3,(H,35,36)(H,37,43)(H,38,42)(H,39,44)/t28?,29-,30-,31?/m0/s1. The first kappa shape index (κ1) is 34.4. The molecule has 1 saturated heterocycles. The molecule has 2 fully saturated rings. The van der Waals surface area contributed by atoms with Crippen molar-refractivity contribution in [3.8, 4) is 0 Å². The predicted molar refractivity (Wildman–Crippen MR) is 172 cm³/mol. The lowest BCUT2D eigenvalue weighted by Crippen LogP contribution is -2.59. The number of morpholine rings is 1. The summed E-state index contributed by atoms with van der Waals surface area (Å²) in [5.41, 5.74) is 1.58. The summed E-state index contributed by atoms with van der Waals surface area (Å²) >= 11 is 0. The molecule has 45 heavy (non-hydrogen) atoms. The number of hydrogen-bond acceptors (Lipinski definition) is 6. The van der Waals surface area contributed by atoms with Gasteiger partial charge in [-0.2, -0.15) is 0 Å². The Balaban J connectivity index is 1.51. The average molecular weight is 625 g/mol. The number of rotatable bonds is 15. The van der Waals surface area contributed by atoms with Gasteiger partial charge in [-0.3, -0.25) is 9.59 Å². The van der Waals surface area contributed by atoms with Crippen LogP contribution in [0.4, 0.5) is 4.79 Å². The highest BCUT2D eigenvalue weighted by atomic mass is 16.5. The summed E-state index contributed by atoms with van der Waals surface area (Å²) < 4.78 is 5.38. The number of H-pyrrole nitrogens is 1. The fourth-order valence-electron chi connectivity index (χ4n) is 6.25. The van der Waals surface area contributed by atoms with Crippen LogP contribution in [0.15, 0.2) is 42.9 Å². The Labute approximate surface area is 267 Å². The lowest BCUT2D eigenvalue weighted by molar-refractivity contribution is -0.131. The summed E-state index contributed by atoms with van der Waals surface area (Å²) in [6.45, 7) is 6.03. The molecule has 1 aromatic carbocycles. The van der Waals surface area contributed by atoms with Crippen LogP contribution in [0.2, 0.25) is 0 Å². The molecule has 1 aliphatic heterocycles. The van der Waals surface area contributed by atoms with Crippen LogP contribution in [0.5, 0.6) is 0 Å². The molecule has 5 N–H and O–H groups in total. The summed E-state index contributed by atoms with van der Waals surface area (Å²) in [5, 5.41) is 20.2. The molecule has 4 atom stereocenters. The Morgan fingerprint density at radius 1 is 0.956 bits per heavy atom. The lowest BCUT2D eigenvalue weighted by atomic mass is 9.83. The molecular formula is C34H52N6O5. The molecule has 1 aliphatic carbocycles. The number of urea groups is 1. The Bertz CT molecular complexity index is 1170. The second kappa shape index (κ2) is 17.9. The van der Waals surface area contributed by atoms with Gasteiger partial charge in [-0.1, -0.05) is 76.3 Å². The molecule has 1 aromatic heterocycles. The number of aromatic amines is 1. The van der Waals surface area contributed by atoms with Gasteiger partial charge in [0, 0.05) is 37.8 Å². The van der Waals surface area contributed by atoms with Crippen LogP contribution >= 0.6 is 0 Å². The third-order valence-corrected chi connectivity index (χ3v) is 8.95. The highest BCUT2D eigenvalue weighted by Gasteiger charge is 2.32. The van der Waals surface area contributed by atoms with Gasteiger partial charge in [0.15, 0.2) is 0 Å². The normalized spacial score (nSPS) is 18.5. The number of amides is 4. The van der Waals surface area contributed by atoms with Crippen molar-refractivity contribution in [3.05, 3.63) is 54.1 Å². The monoisotopic (exact) mass is 624 g/mol. The minimum atomic E-state index is -0.942. The summed E-state index contributed by atoms with van der Waals surface area (Å²) in [6, 6.07) is 6.88. The first-order valence-corrected chi connectivity index (χ1v) is 16.7. The molecule has 2 heterocycles. The van der Waals surface area contributed by atoms with E-state index in [9.17, 15) is 19.5 Å². The SMILES string of the molecule is CC(C)CCC(O)C(CC1CCCCC1)NC(=O)[C@H](Cc1cnc[nH]1)NC(=O)[C@H](Cc1ccccc1)NC(=O)N1CCOCC1. The third-order valence-electron chi connectivity index (χ3n) is 8.95. The van der Waals surface area contributed by atoms with Gasteiger partial charge in [0.05, 0.1) is 31.7 Å². The van der Waals surface area contributed by atoms with E-state index in [2.05, 4.69) is 39.8 Å². The van der Waals surface area contributed by atoms with Crippen molar-refractivity contribution in [2.24, 2.45) is 11.8 Å². The molecule has 0 bridgehead atoms. The number of carbonyl (C=O) groups is 3. The molecule has 11 nitrogen and oxygen atoms in total. The molecule has 1 saturated carbocycles. The maximum absolute atomic E-state index is 14.0. The van der Waals surface area contributed by atoms with Crippen molar-refractivity contribution in [2.75, 3.05) is 26.3 Å². The Morgan fingerprint density at radius 2 is 1.64 bits per heavy atom. The number of ether oxygens (including phenoxy) is 1. The number of benzene rings is 1. The number of nitrogens with zero attached hydrogens (tertiary/aromatic N) is 2. The largest absolute Gasteiger partial charge is 0.391 e. The number of nitrogens with one attached hydrogen (secondary N) is 4. The van der Waals surface area contributed by atoms with Crippen LogP contribution in [0.1, 0.15) is 76.5 Å². The molecule has 4 amide bonds. The molecule has 248 valence electrons. The molecular weight excluding hydrogens is 572 g/mol. The number of aliphatic hydroxyl groups is 1. The highest BCUT2D eigenvalue weighted by Crippen LogP contribution is 2.29. The van der Waals surface area contributed by atoms with Crippen LogP contribution in [0, 0.1) is 11.8 Å². The van der Waals surface area contributed by atoms with E-state index in [1.807, 2.05) is 30.3 Å². The molecule has 4 rings (SSSR count). The zero-order valence-electron chi connectivity index (χ0n) is 26.9. The van der Waals surface area contributed by atoms with Crippen LogP contribution in [0.3, 0.4) is 0 Å². The van der Waals surface area contributed by atoms with Crippen molar-refractivity contribution in [3.63, 3.8) is 0 Å². The molecule has 2 aliphatic rings. The molecule has 2 aromatic rings. The predicted octanol–water partition coefficient (Wildman–Crippen LogP) is 3.34. The molecule has 2 unspecified atom stereocenters. The molecule has 0 spiro atoms. The zero-order valence-corrected chi connectivity index (χ0v) is 26.9. The summed E-state index contributed by atoms with van der Waals surface area (Å²) in [7, 11) is 0. The quantitative estimate of drug-likeness (QED) is 0.205. The minimum absolute atomic E-state index is 0.186. The van der Waals surface area contributed by atoms with Gasteiger partial charge in [-0.05, 0) is 36.7 Å². The van der Waals surface area contributed by atoms with E-state index < -0.39 is 30.1 Å². The van der Waals surface area contributed by atoms with Crippen LogP contribution in [-0.4, -0.2) is 88.4 Å². The Morgan fingerprint density at radius 3 is 2.31 bits per heavy atom. The van der Waals surface area contributed by atoms with Gasteiger partial charge >= 0.3 is 6.03 Å². The topological polar surface area (TPSA) is 149 Å². The van der Waals surface area contributed by atoms with Crippen LogP contribution in [0.25, 0.3) is 0 Å². The van der Waals surface area contributed by atoms with Crippen molar-refractivity contribution < 1.29 is 24.2 Å².